The van der Waals surface area contributed by atoms with Gasteiger partial charge in [0.15, 0.2) is 5.82 Å². The predicted octanol–water partition coefficient (Wildman–Crippen LogP) is 1.62. The van der Waals surface area contributed by atoms with Crippen molar-refractivity contribution >= 4 is 27.0 Å². The molecule has 1 atom stereocenters. The van der Waals surface area contributed by atoms with E-state index in [0.717, 1.165) is 12.1 Å². The topological polar surface area (TPSA) is 92.4 Å². The van der Waals surface area contributed by atoms with E-state index in [2.05, 4.69) is 4.72 Å². The molecule has 5 nitrogen and oxygen atoms in total. The second kappa shape index (κ2) is 6.06. The number of sulfonamides is 1. The third kappa shape index (κ3) is 3.38. The average molecular weight is 334 g/mol. The highest BCUT2D eigenvalue weighted by Crippen LogP contribution is 2.23. The summed E-state index contributed by atoms with van der Waals surface area (Å²) in [6, 6.07) is 3.18. The molecule has 0 saturated carbocycles. The number of aliphatic hydroxyl groups excluding tert-OH is 1. The van der Waals surface area contributed by atoms with Crippen molar-refractivity contribution < 1.29 is 22.3 Å². The summed E-state index contributed by atoms with van der Waals surface area (Å²) in [6.45, 7) is -0.338. The molecule has 0 aliphatic rings. The number of rotatable bonds is 5. The zero-order chi connectivity index (χ0) is 15.6. The number of benzene rings is 1. The van der Waals surface area contributed by atoms with E-state index in [-0.39, 0.29) is 6.54 Å². The van der Waals surface area contributed by atoms with Gasteiger partial charge in [0.25, 0.3) is 0 Å². The lowest BCUT2D eigenvalue weighted by Gasteiger charge is -2.12. The van der Waals surface area contributed by atoms with Crippen LogP contribution >= 0.6 is 11.3 Å². The molecule has 21 heavy (non-hydrogen) atoms. The van der Waals surface area contributed by atoms with E-state index in [1.165, 1.54) is 11.3 Å². The SMILES string of the molecule is Nc1c(F)ccc(S(=O)(=O)NCC(O)c2ccsc2)c1F. The fraction of sp³-hybridized carbons (Fsp3) is 0.167. The third-order valence-electron chi connectivity index (χ3n) is 2.78. The Balaban J connectivity index is 2.18. The molecular formula is C12H12F2N2O3S2. The molecule has 4 N–H and O–H groups in total. The van der Waals surface area contributed by atoms with Gasteiger partial charge in [0.05, 0.1) is 6.10 Å². The zero-order valence-corrected chi connectivity index (χ0v) is 12.2. The Kier molecular flexibility index (Phi) is 4.57. The Morgan fingerprint density at radius 2 is 2.05 bits per heavy atom. The molecule has 2 rings (SSSR count). The van der Waals surface area contributed by atoms with Crippen molar-refractivity contribution in [3.8, 4) is 0 Å². The number of nitrogen functional groups attached to an aromatic ring is 1. The summed E-state index contributed by atoms with van der Waals surface area (Å²) in [5.74, 6) is -2.39. The van der Waals surface area contributed by atoms with Crippen LogP contribution in [0.5, 0.6) is 0 Å². The number of aliphatic hydroxyl groups is 1. The number of nitrogens with two attached hydrogens (primary N) is 1. The van der Waals surface area contributed by atoms with Gasteiger partial charge in [0.2, 0.25) is 10.0 Å². The maximum Gasteiger partial charge on any atom is 0.243 e. The smallest absolute Gasteiger partial charge is 0.243 e. The first kappa shape index (κ1) is 15.8. The van der Waals surface area contributed by atoms with E-state index >= 15 is 0 Å². The minimum Gasteiger partial charge on any atom is -0.394 e. The molecule has 0 saturated heterocycles. The molecule has 0 bridgehead atoms. The lowest BCUT2D eigenvalue weighted by atomic mass is 10.2. The van der Waals surface area contributed by atoms with Crippen molar-refractivity contribution in [2.75, 3.05) is 12.3 Å². The van der Waals surface area contributed by atoms with Gasteiger partial charge in [-0.15, -0.1) is 0 Å². The van der Waals surface area contributed by atoms with Crippen LogP contribution in [0.25, 0.3) is 0 Å². The molecule has 2 aromatic rings. The van der Waals surface area contributed by atoms with Gasteiger partial charge >= 0.3 is 0 Å². The maximum absolute atomic E-state index is 13.7. The van der Waals surface area contributed by atoms with Crippen LogP contribution in [-0.4, -0.2) is 20.1 Å². The molecule has 0 aliphatic heterocycles. The minimum atomic E-state index is -4.24. The molecule has 1 unspecified atom stereocenters. The van der Waals surface area contributed by atoms with Crippen LogP contribution in [0.4, 0.5) is 14.5 Å². The molecule has 1 aromatic heterocycles. The minimum absolute atomic E-state index is 0.338. The summed E-state index contributed by atoms with van der Waals surface area (Å²) in [5.41, 5.74) is 4.80. The standard InChI is InChI=1S/C12H12F2N2O3S2/c13-8-1-2-10(11(14)12(8)15)21(18,19)16-5-9(17)7-3-4-20-6-7/h1-4,6,9,16-17H,5,15H2. The molecule has 114 valence electrons. The summed E-state index contributed by atoms with van der Waals surface area (Å²) in [7, 11) is -4.24. The first-order valence-corrected chi connectivity index (χ1v) is 8.19. The molecule has 1 heterocycles. The van der Waals surface area contributed by atoms with E-state index in [0.29, 0.717) is 5.56 Å². The number of thiophene rings is 1. The molecule has 0 spiro atoms. The van der Waals surface area contributed by atoms with Crippen molar-refractivity contribution in [3.05, 3.63) is 46.2 Å². The van der Waals surface area contributed by atoms with E-state index in [9.17, 15) is 22.3 Å². The van der Waals surface area contributed by atoms with Crippen molar-refractivity contribution in [1.82, 2.24) is 4.72 Å². The van der Waals surface area contributed by atoms with Crippen molar-refractivity contribution in [1.29, 1.82) is 0 Å². The van der Waals surface area contributed by atoms with Gasteiger partial charge in [-0.25, -0.2) is 21.9 Å². The number of hydrogen-bond donors (Lipinski definition) is 3. The van der Waals surface area contributed by atoms with Gasteiger partial charge in [-0.2, -0.15) is 11.3 Å². The van der Waals surface area contributed by atoms with Crippen LogP contribution in [-0.2, 0) is 10.0 Å². The monoisotopic (exact) mass is 334 g/mol. The summed E-state index contributed by atoms with van der Waals surface area (Å²) in [5, 5.41) is 13.2. The largest absolute Gasteiger partial charge is 0.394 e. The molecule has 0 aliphatic carbocycles. The quantitative estimate of drug-likeness (QED) is 0.725. The van der Waals surface area contributed by atoms with Gasteiger partial charge in [0.1, 0.15) is 16.4 Å². The predicted molar refractivity (Wildman–Crippen MR) is 75.2 cm³/mol. The number of anilines is 1. The fourth-order valence-electron chi connectivity index (χ4n) is 1.61. The van der Waals surface area contributed by atoms with Crippen LogP contribution in [0.2, 0.25) is 0 Å². The first-order valence-electron chi connectivity index (χ1n) is 5.76. The lowest BCUT2D eigenvalue weighted by Crippen LogP contribution is -2.29. The van der Waals surface area contributed by atoms with E-state index in [1.54, 1.807) is 16.8 Å². The Labute approximate surface area is 124 Å². The molecular weight excluding hydrogens is 322 g/mol. The molecule has 0 amide bonds. The maximum atomic E-state index is 13.7. The number of halogens is 2. The van der Waals surface area contributed by atoms with E-state index in [4.69, 9.17) is 5.73 Å². The second-order valence-electron chi connectivity index (χ2n) is 4.20. The number of hydrogen-bond acceptors (Lipinski definition) is 5. The molecule has 9 heteroatoms. The average Bonchev–Trinajstić information content (AvgIpc) is 2.96. The van der Waals surface area contributed by atoms with Gasteiger partial charge < -0.3 is 10.8 Å². The molecule has 0 fully saturated rings. The molecule has 0 radical (unpaired) electrons. The molecule has 1 aromatic carbocycles. The normalized spacial score (nSPS) is 13.3. The highest BCUT2D eigenvalue weighted by Gasteiger charge is 2.23. The van der Waals surface area contributed by atoms with Gasteiger partial charge in [-0.1, -0.05) is 0 Å². The van der Waals surface area contributed by atoms with Gasteiger partial charge in [0, 0.05) is 6.54 Å². The van der Waals surface area contributed by atoms with E-state index in [1.807, 2.05) is 0 Å². The van der Waals surface area contributed by atoms with Crippen LogP contribution in [0.3, 0.4) is 0 Å². The Bertz CT molecular complexity index is 733. The highest BCUT2D eigenvalue weighted by molar-refractivity contribution is 7.89. The first-order chi connectivity index (χ1) is 9.83. The van der Waals surface area contributed by atoms with Crippen molar-refractivity contribution in [2.24, 2.45) is 0 Å². The Morgan fingerprint density at radius 3 is 2.67 bits per heavy atom. The van der Waals surface area contributed by atoms with Crippen LogP contribution in [0, 0.1) is 11.6 Å². The number of nitrogens with one attached hydrogen (secondary N) is 1. The summed E-state index contributed by atoms with van der Waals surface area (Å²) < 4.78 is 52.7. The van der Waals surface area contributed by atoms with Crippen LogP contribution in [0.15, 0.2) is 33.9 Å². The zero-order valence-electron chi connectivity index (χ0n) is 10.6. The fourth-order valence-corrected chi connectivity index (χ4v) is 3.44. The summed E-state index contributed by atoms with van der Waals surface area (Å²) in [4.78, 5) is -0.765. The lowest BCUT2D eigenvalue weighted by molar-refractivity contribution is 0.182. The summed E-state index contributed by atoms with van der Waals surface area (Å²) >= 11 is 1.35. The Morgan fingerprint density at radius 1 is 1.33 bits per heavy atom. The van der Waals surface area contributed by atoms with Crippen molar-refractivity contribution in [2.45, 2.75) is 11.0 Å². The van der Waals surface area contributed by atoms with Crippen LogP contribution in [0.1, 0.15) is 11.7 Å². The van der Waals surface area contributed by atoms with Crippen molar-refractivity contribution in [3.63, 3.8) is 0 Å². The third-order valence-corrected chi connectivity index (χ3v) is 4.92. The Hall–Kier alpha value is -1.55. The summed E-state index contributed by atoms with van der Waals surface area (Å²) in [6.07, 6.45) is -1.06. The van der Waals surface area contributed by atoms with Crippen LogP contribution < -0.4 is 10.5 Å². The van der Waals surface area contributed by atoms with E-state index < -0.39 is 38.3 Å². The van der Waals surface area contributed by atoms with Gasteiger partial charge in [-0.05, 0) is 34.5 Å². The van der Waals surface area contributed by atoms with Gasteiger partial charge in [-0.3, -0.25) is 0 Å². The highest BCUT2D eigenvalue weighted by atomic mass is 32.2. The second-order valence-corrected chi connectivity index (χ2v) is 6.71.